The lowest BCUT2D eigenvalue weighted by atomic mass is 9.97. The van der Waals surface area contributed by atoms with Gasteiger partial charge in [0.1, 0.15) is 17.1 Å². The van der Waals surface area contributed by atoms with Gasteiger partial charge in [0.2, 0.25) is 0 Å². The van der Waals surface area contributed by atoms with Crippen molar-refractivity contribution >= 4 is 28.6 Å². The summed E-state index contributed by atoms with van der Waals surface area (Å²) in [5.74, 6) is 0.609. The first-order valence-corrected chi connectivity index (χ1v) is 10.6. The van der Waals surface area contributed by atoms with Gasteiger partial charge in [-0.15, -0.1) is 0 Å². The number of nitrogens with zero attached hydrogens (tertiary/aromatic N) is 1. The summed E-state index contributed by atoms with van der Waals surface area (Å²) in [7, 11) is 1.60. The van der Waals surface area contributed by atoms with Crippen molar-refractivity contribution in [1.82, 2.24) is 10.2 Å². The van der Waals surface area contributed by atoms with Gasteiger partial charge in [-0.25, -0.2) is 9.18 Å². The second-order valence-electron chi connectivity index (χ2n) is 8.02. The molecular weight excluding hydrogens is 413 g/mol. The largest absolute Gasteiger partial charge is 0.497 e. The number of nitrogens with one attached hydrogen (secondary N) is 2. The molecule has 2 heterocycles. The van der Waals surface area contributed by atoms with E-state index in [1.54, 1.807) is 30.2 Å². The maximum atomic E-state index is 13.3. The minimum atomic E-state index is -0.413. The topological polar surface area (TPSA) is 83.8 Å². The smallest absolute Gasteiger partial charge is 0.319 e. The quantitative estimate of drug-likeness (QED) is 0.610. The summed E-state index contributed by atoms with van der Waals surface area (Å²) in [6, 6.07) is 10.8. The fourth-order valence-electron chi connectivity index (χ4n) is 4.07. The number of piperidine rings is 1. The first kappa shape index (κ1) is 21.7. The molecular formula is C24H26FN3O4. The summed E-state index contributed by atoms with van der Waals surface area (Å²) in [6.07, 6.45) is 1.75. The van der Waals surface area contributed by atoms with Crippen LogP contribution in [0, 0.1) is 18.7 Å². The molecule has 8 heteroatoms. The molecule has 32 heavy (non-hydrogen) atoms. The van der Waals surface area contributed by atoms with Gasteiger partial charge >= 0.3 is 6.03 Å². The van der Waals surface area contributed by atoms with Crippen molar-refractivity contribution in [3.63, 3.8) is 0 Å². The SMILES string of the molecule is COc1ccc2oc(C(=O)N3CCCC(CNC(=O)Nc4cccc(F)c4)C3)c(C)c2c1. The van der Waals surface area contributed by atoms with Crippen molar-refractivity contribution in [1.29, 1.82) is 0 Å². The zero-order valence-corrected chi connectivity index (χ0v) is 18.1. The highest BCUT2D eigenvalue weighted by Gasteiger charge is 2.28. The van der Waals surface area contributed by atoms with Crippen molar-refractivity contribution in [2.45, 2.75) is 19.8 Å². The van der Waals surface area contributed by atoms with Crippen LogP contribution in [0.15, 0.2) is 46.9 Å². The third kappa shape index (κ3) is 4.69. The van der Waals surface area contributed by atoms with Crippen LogP contribution >= 0.6 is 0 Å². The maximum Gasteiger partial charge on any atom is 0.319 e. The number of amides is 3. The number of hydrogen-bond donors (Lipinski definition) is 2. The van der Waals surface area contributed by atoms with Gasteiger partial charge in [0, 0.05) is 36.3 Å². The normalized spacial score (nSPS) is 16.1. The molecule has 0 bridgehead atoms. The molecule has 1 aromatic heterocycles. The standard InChI is InChI=1S/C24H26FN3O4/c1-15-20-12-19(31-2)8-9-21(20)32-22(15)23(29)28-10-4-5-16(14-28)13-26-24(30)27-18-7-3-6-17(25)11-18/h3,6-9,11-12,16H,4-5,10,13-14H2,1-2H3,(H2,26,27,30). The van der Waals surface area contributed by atoms with Crippen molar-refractivity contribution < 1.29 is 23.1 Å². The van der Waals surface area contributed by atoms with Gasteiger partial charge in [0.15, 0.2) is 5.76 Å². The average molecular weight is 439 g/mol. The monoisotopic (exact) mass is 439 g/mol. The number of likely N-dealkylation sites (tertiary alicyclic amines) is 1. The van der Waals surface area contributed by atoms with Crippen LogP contribution in [0.25, 0.3) is 11.0 Å². The fraction of sp³-hybridized carbons (Fsp3) is 0.333. The van der Waals surface area contributed by atoms with Crippen LogP contribution in [0.3, 0.4) is 0 Å². The lowest BCUT2D eigenvalue weighted by Gasteiger charge is -2.32. The first-order valence-electron chi connectivity index (χ1n) is 10.6. The Kier molecular flexibility index (Phi) is 6.30. The summed E-state index contributed by atoms with van der Waals surface area (Å²) >= 11 is 0. The maximum absolute atomic E-state index is 13.3. The number of benzene rings is 2. The van der Waals surface area contributed by atoms with Crippen LogP contribution in [-0.2, 0) is 0 Å². The molecule has 0 saturated carbocycles. The number of rotatable bonds is 5. The van der Waals surface area contributed by atoms with E-state index in [0.717, 1.165) is 23.8 Å². The predicted octanol–water partition coefficient (Wildman–Crippen LogP) is 4.56. The zero-order chi connectivity index (χ0) is 22.7. The van der Waals surface area contributed by atoms with Crippen molar-refractivity contribution in [3.05, 3.63) is 59.6 Å². The minimum absolute atomic E-state index is 0.121. The van der Waals surface area contributed by atoms with E-state index in [1.165, 1.54) is 18.2 Å². The Labute approximate surface area is 185 Å². The molecule has 1 aliphatic heterocycles. The molecule has 1 aliphatic rings. The van der Waals surface area contributed by atoms with E-state index in [-0.39, 0.29) is 11.8 Å². The number of carbonyl (C=O) groups is 2. The molecule has 1 unspecified atom stereocenters. The van der Waals surface area contributed by atoms with Crippen LogP contribution in [0.4, 0.5) is 14.9 Å². The summed E-state index contributed by atoms with van der Waals surface area (Å²) < 4.78 is 24.4. The Morgan fingerprint density at radius 2 is 2.09 bits per heavy atom. The lowest BCUT2D eigenvalue weighted by Crippen LogP contribution is -2.44. The second kappa shape index (κ2) is 9.30. The molecule has 0 spiro atoms. The number of halogens is 1. The molecule has 2 N–H and O–H groups in total. The lowest BCUT2D eigenvalue weighted by molar-refractivity contribution is 0.0644. The Morgan fingerprint density at radius 3 is 2.88 bits per heavy atom. The number of urea groups is 1. The van der Waals surface area contributed by atoms with E-state index in [9.17, 15) is 14.0 Å². The van der Waals surface area contributed by atoms with Gasteiger partial charge in [-0.2, -0.15) is 0 Å². The summed E-state index contributed by atoms with van der Waals surface area (Å²) in [5, 5.41) is 6.29. The highest BCUT2D eigenvalue weighted by molar-refractivity contribution is 5.99. The number of hydrogen-bond acceptors (Lipinski definition) is 4. The van der Waals surface area contributed by atoms with Gasteiger partial charge < -0.3 is 24.7 Å². The number of carbonyl (C=O) groups excluding carboxylic acids is 2. The van der Waals surface area contributed by atoms with Crippen LogP contribution < -0.4 is 15.4 Å². The highest BCUT2D eigenvalue weighted by atomic mass is 19.1. The molecule has 0 radical (unpaired) electrons. The van der Waals surface area contributed by atoms with E-state index in [1.807, 2.05) is 13.0 Å². The molecule has 168 valence electrons. The Morgan fingerprint density at radius 1 is 1.25 bits per heavy atom. The fourth-order valence-corrected chi connectivity index (χ4v) is 4.07. The number of methoxy groups -OCH3 is 1. The number of aryl methyl sites for hydroxylation is 1. The Balaban J connectivity index is 1.37. The molecule has 1 saturated heterocycles. The van der Waals surface area contributed by atoms with E-state index < -0.39 is 11.8 Å². The molecule has 1 fully saturated rings. The number of anilines is 1. The van der Waals surface area contributed by atoms with E-state index in [0.29, 0.717) is 42.4 Å². The van der Waals surface area contributed by atoms with Gasteiger partial charge in [-0.05, 0) is 62.1 Å². The minimum Gasteiger partial charge on any atom is -0.497 e. The van der Waals surface area contributed by atoms with Crippen LogP contribution in [0.5, 0.6) is 5.75 Å². The number of furan rings is 1. The van der Waals surface area contributed by atoms with Crippen LogP contribution in [0.2, 0.25) is 0 Å². The first-order chi connectivity index (χ1) is 15.4. The summed E-state index contributed by atoms with van der Waals surface area (Å²) in [5.41, 5.74) is 1.83. The van der Waals surface area contributed by atoms with Crippen molar-refractivity contribution in [2.75, 3.05) is 32.1 Å². The highest BCUT2D eigenvalue weighted by Crippen LogP contribution is 2.30. The molecule has 2 aromatic carbocycles. The molecule has 7 nitrogen and oxygen atoms in total. The molecule has 1 atom stereocenters. The molecule has 3 amide bonds. The van der Waals surface area contributed by atoms with E-state index >= 15 is 0 Å². The van der Waals surface area contributed by atoms with Crippen LogP contribution in [0.1, 0.15) is 29.0 Å². The molecule has 0 aliphatic carbocycles. The Hall–Kier alpha value is -3.55. The third-order valence-corrected chi connectivity index (χ3v) is 5.78. The number of ether oxygens (including phenoxy) is 1. The van der Waals surface area contributed by atoms with Crippen molar-refractivity contribution in [3.8, 4) is 5.75 Å². The molecule has 4 rings (SSSR count). The summed E-state index contributed by atoms with van der Waals surface area (Å²) in [4.78, 5) is 27.1. The van der Waals surface area contributed by atoms with Gasteiger partial charge in [0.25, 0.3) is 5.91 Å². The van der Waals surface area contributed by atoms with E-state index in [2.05, 4.69) is 10.6 Å². The average Bonchev–Trinajstić information content (AvgIpc) is 3.13. The van der Waals surface area contributed by atoms with Gasteiger partial charge in [-0.1, -0.05) is 6.07 Å². The zero-order valence-electron chi connectivity index (χ0n) is 18.1. The Bertz CT molecular complexity index is 1140. The summed E-state index contributed by atoms with van der Waals surface area (Å²) in [6.45, 7) is 3.46. The predicted molar refractivity (Wildman–Crippen MR) is 120 cm³/mol. The molecule has 3 aromatic rings. The number of fused-ring (bicyclic) bond motifs is 1. The van der Waals surface area contributed by atoms with Gasteiger partial charge in [0.05, 0.1) is 7.11 Å². The third-order valence-electron chi connectivity index (χ3n) is 5.78. The van der Waals surface area contributed by atoms with Crippen LogP contribution in [-0.4, -0.2) is 43.6 Å². The second-order valence-corrected chi connectivity index (χ2v) is 8.02. The van der Waals surface area contributed by atoms with E-state index in [4.69, 9.17) is 9.15 Å². The van der Waals surface area contributed by atoms with Gasteiger partial charge in [-0.3, -0.25) is 4.79 Å². The van der Waals surface area contributed by atoms with Crippen molar-refractivity contribution in [2.24, 2.45) is 5.92 Å².